The molecule has 0 saturated heterocycles. The highest BCUT2D eigenvalue weighted by Crippen LogP contribution is 2.38. The Balaban J connectivity index is 1.59. The van der Waals surface area contributed by atoms with Crippen molar-refractivity contribution in [3.63, 3.8) is 0 Å². The summed E-state index contributed by atoms with van der Waals surface area (Å²) in [5, 5.41) is 15.8. The van der Waals surface area contributed by atoms with E-state index in [9.17, 15) is 13.9 Å². The molecule has 0 radical (unpaired) electrons. The van der Waals surface area contributed by atoms with Gasteiger partial charge >= 0.3 is 0 Å². The van der Waals surface area contributed by atoms with Crippen LogP contribution in [0.1, 0.15) is 30.0 Å². The van der Waals surface area contributed by atoms with Crippen LogP contribution < -0.4 is 0 Å². The van der Waals surface area contributed by atoms with E-state index in [2.05, 4.69) is 15.1 Å². The minimum Gasteiger partial charge on any atom is -0.382 e. The molecule has 0 saturated carbocycles. The topological polar surface area (TPSA) is 68.2 Å². The molecule has 0 bridgehead atoms. The number of hydrogen-bond acceptors (Lipinski definition) is 6. The van der Waals surface area contributed by atoms with E-state index in [1.165, 1.54) is 46.5 Å². The number of aryl methyl sites for hydroxylation is 1. The third-order valence-electron chi connectivity index (χ3n) is 5.13. The van der Waals surface area contributed by atoms with Gasteiger partial charge in [-0.05, 0) is 12.5 Å². The summed E-state index contributed by atoms with van der Waals surface area (Å²) in [6.45, 7) is 3.79. The van der Waals surface area contributed by atoms with Crippen LogP contribution in [-0.2, 0) is 24.3 Å². The van der Waals surface area contributed by atoms with Crippen LogP contribution in [-0.4, -0.2) is 34.5 Å². The van der Waals surface area contributed by atoms with Crippen molar-refractivity contribution in [1.82, 2.24) is 24.1 Å². The summed E-state index contributed by atoms with van der Waals surface area (Å²) in [6, 6.07) is 3.20. The van der Waals surface area contributed by atoms with Crippen LogP contribution >= 0.6 is 34.7 Å². The second kappa shape index (κ2) is 8.85. The Kier molecular flexibility index (Phi) is 6.34. The number of benzene rings is 1. The molecule has 3 heterocycles. The van der Waals surface area contributed by atoms with Gasteiger partial charge in [-0.3, -0.25) is 4.40 Å². The van der Waals surface area contributed by atoms with E-state index in [0.29, 0.717) is 10.9 Å². The predicted molar refractivity (Wildman–Crippen MR) is 118 cm³/mol. The average Bonchev–Trinajstić information content (AvgIpc) is 3.44. The fourth-order valence-corrected chi connectivity index (χ4v) is 5.93. The van der Waals surface area contributed by atoms with Gasteiger partial charge in [-0.15, -0.1) is 23.1 Å². The second-order valence-corrected chi connectivity index (χ2v) is 9.93. The molecule has 0 fully saturated rings. The van der Waals surface area contributed by atoms with Gasteiger partial charge in [0.05, 0.1) is 12.2 Å². The number of halogens is 3. The Hall–Kier alpha value is -2.01. The lowest BCUT2D eigenvalue weighted by molar-refractivity contribution is 0.0133. The molecule has 0 spiro atoms. The summed E-state index contributed by atoms with van der Waals surface area (Å²) in [5.74, 6) is -0.936. The lowest BCUT2D eigenvalue weighted by Gasteiger charge is -2.34. The van der Waals surface area contributed by atoms with E-state index < -0.39 is 22.5 Å². The van der Waals surface area contributed by atoms with Crippen molar-refractivity contribution < 1.29 is 13.9 Å². The highest BCUT2D eigenvalue weighted by Gasteiger charge is 2.39. The van der Waals surface area contributed by atoms with Crippen LogP contribution in [0.4, 0.5) is 8.78 Å². The Bertz CT molecular complexity index is 1200. The van der Waals surface area contributed by atoms with Crippen molar-refractivity contribution in [2.45, 2.75) is 43.4 Å². The van der Waals surface area contributed by atoms with Crippen LogP contribution in [0.2, 0.25) is 5.15 Å². The first-order chi connectivity index (χ1) is 14.8. The van der Waals surface area contributed by atoms with E-state index in [1.807, 2.05) is 24.4 Å². The largest absolute Gasteiger partial charge is 0.382 e. The first kappa shape index (κ1) is 22.2. The minimum atomic E-state index is -1.64. The Morgan fingerprint density at radius 1 is 1.35 bits per heavy atom. The molecule has 1 N–H and O–H groups in total. The van der Waals surface area contributed by atoms with Crippen molar-refractivity contribution >= 4 is 39.7 Å². The molecular formula is C20H20ClF2N5OS2. The molecule has 2 atom stereocenters. The quantitative estimate of drug-likeness (QED) is 0.393. The number of nitrogens with zero attached hydrogens (tertiary/aromatic N) is 5. The number of rotatable bonds is 8. The zero-order valence-electron chi connectivity index (χ0n) is 16.8. The summed E-state index contributed by atoms with van der Waals surface area (Å²) < 4.78 is 31.4. The molecule has 0 aliphatic rings. The van der Waals surface area contributed by atoms with Crippen LogP contribution in [0.3, 0.4) is 0 Å². The molecule has 0 aliphatic carbocycles. The summed E-state index contributed by atoms with van der Waals surface area (Å²) >= 11 is 9.34. The molecular weight excluding hydrogens is 464 g/mol. The first-order valence-electron chi connectivity index (χ1n) is 9.59. The fraction of sp³-hybridized carbons (Fsp3) is 0.350. The Morgan fingerprint density at radius 3 is 2.81 bits per heavy atom. The summed E-state index contributed by atoms with van der Waals surface area (Å²) in [5.41, 5.74) is -0.767. The van der Waals surface area contributed by atoms with E-state index in [-0.39, 0.29) is 12.1 Å². The molecule has 164 valence electrons. The van der Waals surface area contributed by atoms with Gasteiger partial charge < -0.3 is 5.11 Å². The average molecular weight is 484 g/mol. The maximum Gasteiger partial charge on any atom is 0.195 e. The number of imidazole rings is 1. The third-order valence-corrected chi connectivity index (χ3v) is 8.07. The fourth-order valence-electron chi connectivity index (χ4n) is 3.38. The van der Waals surface area contributed by atoms with Gasteiger partial charge in [0.25, 0.3) is 0 Å². The van der Waals surface area contributed by atoms with Gasteiger partial charge in [0.1, 0.15) is 35.0 Å². The zero-order valence-corrected chi connectivity index (χ0v) is 19.2. The summed E-state index contributed by atoms with van der Waals surface area (Å²) in [4.78, 5) is 10.3. The van der Waals surface area contributed by atoms with Gasteiger partial charge in [0.2, 0.25) is 0 Å². The predicted octanol–water partition coefficient (Wildman–Crippen LogP) is 4.69. The molecule has 6 nitrogen and oxygen atoms in total. The first-order valence-corrected chi connectivity index (χ1v) is 11.8. The standard InChI is InChI=1S/C20H20ClF2N5OS2/c1-3-17-18(21)28-7-14(31-19(28)26-17)8-30-12(2)20(29,9-27-11-24-10-25-27)15-5-4-13(22)6-16(15)23/h4-7,10-12,29H,3,8-9H2,1-2H3/t12-,20-/m1/s1. The van der Waals surface area contributed by atoms with E-state index in [1.54, 1.807) is 0 Å². The Labute approximate surface area is 190 Å². The molecule has 3 aromatic heterocycles. The number of aliphatic hydroxyl groups is 1. The van der Waals surface area contributed by atoms with Crippen molar-refractivity contribution in [1.29, 1.82) is 0 Å². The number of fused-ring (bicyclic) bond motifs is 1. The monoisotopic (exact) mass is 483 g/mol. The lowest BCUT2D eigenvalue weighted by atomic mass is 9.90. The van der Waals surface area contributed by atoms with Crippen LogP contribution in [0.5, 0.6) is 0 Å². The van der Waals surface area contributed by atoms with Crippen molar-refractivity contribution in [3.05, 3.63) is 70.0 Å². The Morgan fingerprint density at radius 2 is 2.16 bits per heavy atom. The summed E-state index contributed by atoms with van der Waals surface area (Å²) in [6.07, 6.45) is 5.48. The zero-order chi connectivity index (χ0) is 22.2. The second-order valence-electron chi connectivity index (χ2n) is 7.15. The highest BCUT2D eigenvalue weighted by atomic mass is 35.5. The number of thioether (sulfide) groups is 1. The van der Waals surface area contributed by atoms with Crippen molar-refractivity contribution in [2.24, 2.45) is 0 Å². The van der Waals surface area contributed by atoms with E-state index in [4.69, 9.17) is 11.6 Å². The van der Waals surface area contributed by atoms with Gasteiger partial charge in [0, 0.05) is 33.7 Å². The molecule has 31 heavy (non-hydrogen) atoms. The van der Waals surface area contributed by atoms with Gasteiger partial charge in [-0.2, -0.15) is 5.10 Å². The molecule has 0 unspecified atom stereocenters. The minimum absolute atomic E-state index is 0.0148. The SMILES string of the molecule is CCc1nc2sc(CS[C@H](C)[C@](O)(Cn3cncn3)c3ccc(F)cc3F)cn2c1Cl. The van der Waals surface area contributed by atoms with Crippen molar-refractivity contribution in [3.8, 4) is 0 Å². The number of thiazole rings is 1. The van der Waals surface area contributed by atoms with Crippen molar-refractivity contribution in [2.75, 3.05) is 0 Å². The molecule has 11 heteroatoms. The maximum absolute atomic E-state index is 14.6. The van der Waals surface area contributed by atoms with Gasteiger partial charge in [-0.1, -0.05) is 31.5 Å². The van der Waals surface area contributed by atoms with Gasteiger partial charge in [-0.25, -0.2) is 23.4 Å². The molecule has 4 rings (SSSR count). The number of hydrogen-bond donors (Lipinski definition) is 1. The van der Waals surface area contributed by atoms with Crippen LogP contribution in [0.25, 0.3) is 4.96 Å². The third kappa shape index (κ3) is 4.34. The number of aromatic nitrogens is 5. The highest BCUT2D eigenvalue weighted by molar-refractivity contribution is 7.99. The smallest absolute Gasteiger partial charge is 0.195 e. The van der Waals surface area contributed by atoms with Crippen LogP contribution in [0.15, 0.2) is 37.1 Å². The molecule has 1 aromatic carbocycles. The molecule has 0 aliphatic heterocycles. The molecule has 0 amide bonds. The maximum atomic E-state index is 14.6. The van der Waals surface area contributed by atoms with Crippen LogP contribution in [0, 0.1) is 11.6 Å². The van der Waals surface area contributed by atoms with E-state index >= 15 is 0 Å². The van der Waals surface area contributed by atoms with E-state index in [0.717, 1.165) is 34.1 Å². The lowest BCUT2D eigenvalue weighted by Crippen LogP contribution is -2.41. The van der Waals surface area contributed by atoms with Gasteiger partial charge in [0.15, 0.2) is 4.96 Å². The normalized spacial score (nSPS) is 14.8. The summed E-state index contributed by atoms with van der Waals surface area (Å²) in [7, 11) is 0. The molecule has 4 aromatic rings.